The largest absolute Gasteiger partial charge is 0.471 e. The van der Waals surface area contributed by atoms with Crippen molar-refractivity contribution < 1.29 is 38.1 Å². The number of hydrogen-bond donors (Lipinski definition) is 1. The van der Waals surface area contributed by atoms with E-state index in [2.05, 4.69) is 15.9 Å². The molecule has 9 heteroatoms. The van der Waals surface area contributed by atoms with E-state index in [-0.39, 0.29) is 18.2 Å². The molecule has 4 rings (SSSR count). The molecule has 1 N–H and O–H groups in total. The topological polar surface area (TPSA) is 112 Å². The Morgan fingerprint density at radius 2 is 2.00 bits per heavy atom. The Bertz CT molecular complexity index is 925. The molecule has 2 saturated carbocycles. The minimum Gasteiger partial charge on any atom is -0.471 e. The monoisotopic (exact) mass is 512 g/mol. The Balaban J connectivity index is 1.79. The summed E-state index contributed by atoms with van der Waals surface area (Å²) < 4.78 is 22.4. The van der Waals surface area contributed by atoms with Crippen molar-refractivity contribution in [1.29, 1.82) is 0 Å². The lowest BCUT2D eigenvalue weighted by molar-refractivity contribution is -0.218. The fraction of sp³-hybridized carbons (Fsp3) is 0.696. The van der Waals surface area contributed by atoms with Crippen molar-refractivity contribution >= 4 is 33.7 Å². The van der Waals surface area contributed by atoms with E-state index in [1.807, 2.05) is 13.8 Å². The van der Waals surface area contributed by atoms with Gasteiger partial charge in [0.25, 0.3) is 0 Å². The highest BCUT2D eigenvalue weighted by Gasteiger charge is 2.67. The fourth-order valence-electron chi connectivity index (χ4n) is 6.57. The molecule has 3 aliphatic rings. The zero-order valence-corrected chi connectivity index (χ0v) is 20.2. The van der Waals surface area contributed by atoms with E-state index in [9.17, 15) is 19.5 Å². The number of halogens is 1. The van der Waals surface area contributed by atoms with Crippen LogP contribution in [0.15, 0.2) is 21.4 Å². The molecule has 8 nitrogen and oxygen atoms in total. The summed E-state index contributed by atoms with van der Waals surface area (Å²) in [6, 6.07) is 0. The van der Waals surface area contributed by atoms with E-state index >= 15 is 0 Å². The highest BCUT2D eigenvalue weighted by atomic mass is 79.9. The van der Waals surface area contributed by atoms with Crippen LogP contribution >= 0.6 is 15.9 Å². The zero-order valence-electron chi connectivity index (χ0n) is 18.6. The molecule has 32 heavy (non-hydrogen) atoms. The number of aliphatic hydroxyl groups is 1. The maximum Gasteiger partial charge on any atom is 0.310 e. The van der Waals surface area contributed by atoms with E-state index in [1.165, 1.54) is 26.6 Å². The standard InChI is InChI=1S/C23H29BrO8/c1-11(25)31-16-7-14(20(27)29-4)22(2)6-5-13-21(28)32-17(12-9-30-10-15(12)24)8-23(13,3)19(22)18(16)26/h9-11,13-14,16-17,19,25H,5-8H2,1-4H3/t11?,13-,14-,16-,17-,19-,22-,23-/m0/s1. The van der Waals surface area contributed by atoms with Gasteiger partial charge in [0.05, 0.1) is 29.7 Å². The van der Waals surface area contributed by atoms with Crippen LogP contribution in [0.3, 0.4) is 0 Å². The van der Waals surface area contributed by atoms with Crippen LogP contribution in [-0.4, -0.2) is 42.3 Å². The fourth-order valence-corrected chi connectivity index (χ4v) is 7.02. The van der Waals surface area contributed by atoms with E-state index in [0.29, 0.717) is 29.3 Å². The summed E-state index contributed by atoms with van der Waals surface area (Å²) in [6.45, 7) is 5.32. The molecule has 1 unspecified atom stereocenters. The summed E-state index contributed by atoms with van der Waals surface area (Å²) in [5, 5.41) is 9.82. The van der Waals surface area contributed by atoms with Gasteiger partial charge in [0.15, 0.2) is 12.1 Å². The van der Waals surface area contributed by atoms with Gasteiger partial charge < -0.3 is 23.7 Å². The lowest BCUT2D eigenvalue weighted by Gasteiger charge is -2.61. The molecule has 176 valence electrons. The Labute approximate surface area is 195 Å². The third-order valence-electron chi connectivity index (χ3n) is 7.94. The van der Waals surface area contributed by atoms with Crippen LogP contribution in [-0.2, 0) is 28.6 Å². The van der Waals surface area contributed by atoms with Gasteiger partial charge in [-0.2, -0.15) is 0 Å². The van der Waals surface area contributed by atoms with Gasteiger partial charge in [-0.05, 0) is 59.4 Å². The summed E-state index contributed by atoms with van der Waals surface area (Å²) in [7, 11) is 1.33. The van der Waals surface area contributed by atoms with Gasteiger partial charge >= 0.3 is 11.9 Å². The van der Waals surface area contributed by atoms with E-state index in [1.54, 1.807) is 0 Å². The number of esters is 2. The molecule has 8 atom stereocenters. The number of carbonyl (C=O) groups is 3. The van der Waals surface area contributed by atoms with Crippen LogP contribution in [0, 0.1) is 28.6 Å². The van der Waals surface area contributed by atoms with Crippen molar-refractivity contribution in [2.75, 3.05) is 7.11 Å². The Morgan fingerprint density at radius 3 is 2.59 bits per heavy atom. The van der Waals surface area contributed by atoms with E-state index < -0.39 is 53.1 Å². The number of fused-ring (bicyclic) bond motifs is 3. The summed E-state index contributed by atoms with van der Waals surface area (Å²) in [5.74, 6) is -2.64. The van der Waals surface area contributed by atoms with E-state index in [4.69, 9.17) is 18.6 Å². The highest BCUT2D eigenvalue weighted by Crippen LogP contribution is 2.65. The number of Topliss-reactive ketones (excluding diaryl/α,β-unsaturated/α-hetero) is 1. The first kappa shape index (κ1) is 23.4. The van der Waals surface area contributed by atoms with Gasteiger partial charge in [-0.3, -0.25) is 14.4 Å². The third-order valence-corrected chi connectivity index (χ3v) is 8.58. The highest BCUT2D eigenvalue weighted by molar-refractivity contribution is 9.10. The number of cyclic esters (lactones) is 1. The molecule has 2 heterocycles. The van der Waals surface area contributed by atoms with Crippen LogP contribution in [0.2, 0.25) is 0 Å². The molecule has 3 fully saturated rings. The summed E-state index contributed by atoms with van der Waals surface area (Å²) >= 11 is 3.43. The minimum absolute atomic E-state index is 0.144. The van der Waals surface area contributed by atoms with Crippen LogP contribution in [0.4, 0.5) is 0 Å². The predicted octanol–water partition coefficient (Wildman–Crippen LogP) is 3.55. The van der Waals surface area contributed by atoms with Gasteiger partial charge in [0.1, 0.15) is 18.5 Å². The quantitative estimate of drug-likeness (QED) is 0.481. The van der Waals surface area contributed by atoms with Gasteiger partial charge in [-0.1, -0.05) is 13.8 Å². The smallest absolute Gasteiger partial charge is 0.310 e. The van der Waals surface area contributed by atoms with Crippen LogP contribution in [0.5, 0.6) is 0 Å². The minimum atomic E-state index is -1.16. The lowest BCUT2D eigenvalue weighted by atomic mass is 9.43. The Morgan fingerprint density at radius 1 is 1.28 bits per heavy atom. The summed E-state index contributed by atoms with van der Waals surface area (Å²) in [5.41, 5.74) is -0.771. The predicted molar refractivity (Wildman–Crippen MR) is 114 cm³/mol. The summed E-state index contributed by atoms with van der Waals surface area (Å²) in [4.78, 5) is 39.8. The summed E-state index contributed by atoms with van der Waals surface area (Å²) in [6.07, 6.45) is 1.94. The molecule has 1 aromatic heterocycles. The molecule has 0 spiro atoms. The number of aliphatic hydroxyl groups excluding tert-OH is 1. The van der Waals surface area contributed by atoms with Crippen molar-refractivity contribution in [1.82, 2.24) is 0 Å². The number of ketones is 1. The molecular weight excluding hydrogens is 484 g/mol. The first-order valence-electron chi connectivity index (χ1n) is 10.9. The molecule has 2 aliphatic carbocycles. The van der Waals surface area contributed by atoms with Crippen molar-refractivity contribution in [3.8, 4) is 0 Å². The second-order valence-electron chi connectivity index (χ2n) is 9.78. The number of furan rings is 1. The van der Waals surface area contributed by atoms with E-state index in [0.717, 1.165) is 0 Å². The normalized spacial score (nSPS) is 40.1. The number of rotatable bonds is 4. The van der Waals surface area contributed by atoms with Crippen molar-refractivity contribution in [2.24, 2.45) is 28.6 Å². The second-order valence-corrected chi connectivity index (χ2v) is 10.6. The molecule has 0 bridgehead atoms. The van der Waals surface area contributed by atoms with Crippen molar-refractivity contribution in [3.05, 3.63) is 22.6 Å². The molecule has 1 aromatic rings. The molecule has 0 aromatic carbocycles. The lowest BCUT2D eigenvalue weighted by Crippen LogP contribution is -2.64. The van der Waals surface area contributed by atoms with Crippen molar-refractivity contribution in [3.63, 3.8) is 0 Å². The Hall–Kier alpha value is -1.71. The molecule has 1 saturated heterocycles. The number of carbonyl (C=O) groups excluding carboxylic acids is 3. The average molecular weight is 513 g/mol. The molecular formula is C23H29BrO8. The first-order chi connectivity index (χ1) is 15.0. The maximum atomic E-state index is 13.8. The van der Waals surface area contributed by atoms with Crippen molar-refractivity contribution in [2.45, 2.75) is 65.0 Å². The average Bonchev–Trinajstić information content (AvgIpc) is 3.14. The molecule has 0 radical (unpaired) electrons. The van der Waals surface area contributed by atoms with Crippen LogP contribution < -0.4 is 0 Å². The number of methoxy groups -OCH3 is 1. The number of hydrogen-bond acceptors (Lipinski definition) is 8. The Kier molecular flexibility index (Phi) is 6.05. The first-order valence-corrected chi connectivity index (χ1v) is 11.7. The SMILES string of the molecule is COC(=O)[C@@H]1C[C@H](OC(C)O)C(=O)[C@H]2[C@@]1(C)CC[C@H]1C(=O)O[C@H](c3cocc3Br)C[C@]21C. The second kappa shape index (κ2) is 8.25. The van der Waals surface area contributed by atoms with Crippen LogP contribution in [0.25, 0.3) is 0 Å². The zero-order chi connectivity index (χ0) is 23.4. The molecule has 1 aliphatic heterocycles. The van der Waals surface area contributed by atoms with Gasteiger partial charge in [-0.15, -0.1) is 0 Å². The third kappa shape index (κ3) is 3.53. The van der Waals surface area contributed by atoms with Gasteiger partial charge in [-0.25, -0.2) is 0 Å². The van der Waals surface area contributed by atoms with Gasteiger partial charge in [0, 0.05) is 11.5 Å². The number of ether oxygens (including phenoxy) is 3. The maximum absolute atomic E-state index is 13.8. The molecule has 0 amide bonds. The van der Waals surface area contributed by atoms with Gasteiger partial charge in [0.2, 0.25) is 0 Å². The van der Waals surface area contributed by atoms with Crippen LogP contribution in [0.1, 0.15) is 58.1 Å².